The number of carbonyl (C=O) groups is 1. The molecule has 0 saturated heterocycles. The molecule has 0 aromatic heterocycles. The molecule has 0 fully saturated rings. The van der Waals surface area contributed by atoms with Crippen LogP contribution in [0.1, 0.15) is 37.5 Å². The van der Waals surface area contributed by atoms with Gasteiger partial charge in [0.25, 0.3) is 0 Å². The Morgan fingerprint density at radius 2 is 1.57 bits per heavy atom. The van der Waals surface area contributed by atoms with Crippen molar-refractivity contribution in [1.82, 2.24) is 10.0 Å². The zero-order valence-corrected chi connectivity index (χ0v) is 17.9. The van der Waals surface area contributed by atoms with E-state index in [2.05, 4.69) is 10.0 Å². The van der Waals surface area contributed by atoms with E-state index in [4.69, 9.17) is 5.73 Å². The van der Waals surface area contributed by atoms with Crippen LogP contribution in [0.5, 0.6) is 0 Å². The van der Waals surface area contributed by atoms with Crippen molar-refractivity contribution >= 4 is 28.3 Å². The number of halogens is 1. The molecule has 0 radical (unpaired) electrons. The molecular weight excluding hydrogens is 398 g/mol. The Labute approximate surface area is 173 Å². The second-order valence-electron chi connectivity index (χ2n) is 7.05. The van der Waals surface area contributed by atoms with Gasteiger partial charge in [0.05, 0.1) is 5.75 Å². The Kier molecular flexibility index (Phi) is 8.63. The minimum atomic E-state index is -3.45. The van der Waals surface area contributed by atoms with Crippen molar-refractivity contribution in [3.05, 3.63) is 71.3 Å². The predicted molar refractivity (Wildman–Crippen MR) is 114 cm³/mol. The largest absolute Gasteiger partial charge is 0.350 e. The molecule has 1 unspecified atom stereocenters. The number of nitrogens with one attached hydrogen (secondary N) is 2. The van der Waals surface area contributed by atoms with Crippen molar-refractivity contribution < 1.29 is 13.2 Å². The van der Waals surface area contributed by atoms with Gasteiger partial charge in [-0.25, -0.2) is 13.1 Å². The van der Waals surface area contributed by atoms with Crippen molar-refractivity contribution in [2.24, 2.45) is 5.73 Å². The van der Waals surface area contributed by atoms with E-state index in [1.54, 1.807) is 51.1 Å². The number of carbonyl (C=O) groups excluding carboxylic acids is 1. The summed E-state index contributed by atoms with van der Waals surface area (Å²) in [6.07, 6.45) is 0. The first-order chi connectivity index (χ1) is 12.6. The number of hydrogen-bond donors (Lipinski definition) is 3. The third-order valence-corrected chi connectivity index (χ3v) is 5.69. The number of nitrogens with two attached hydrogens (primary N) is 1. The Hall–Kier alpha value is -1.93. The maximum Gasteiger partial charge on any atom is 0.244 e. The highest BCUT2D eigenvalue weighted by atomic mass is 35.5. The fraction of sp³-hybridized carbons (Fsp3) is 0.350. The smallest absolute Gasteiger partial charge is 0.244 e. The average molecular weight is 426 g/mol. The molecule has 154 valence electrons. The van der Waals surface area contributed by atoms with E-state index in [0.29, 0.717) is 11.1 Å². The molecule has 1 atom stereocenters. The number of amides is 1. The summed E-state index contributed by atoms with van der Waals surface area (Å²) in [5.74, 6) is -0.470. The normalized spacial score (nSPS) is 13.5. The second kappa shape index (κ2) is 10.0. The van der Waals surface area contributed by atoms with Gasteiger partial charge in [-0.05, 0) is 37.5 Å². The van der Waals surface area contributed by atoms with Crippen LogP contribution in [0, 0.1) is 0 Å². The summed E-state index contributed by atoms with van der Waals surface area (Å²) < 4.78 is 27.0. The van der Waals surface area contributed by atoms with Crippen molar-refractivity contribution in [3.63, 3.8) is 0 Å². The molecule has 0 heterocycles. The summed E-state index contributed by atoms with van der Waals surface area (Å²) in [5.41, 5.74) is 7.13. The van der Waals surface area contributed by atoms with Gasteiger partial charge < -0.3 is 11.1 Å². The molecule has 0 aliphatic rings. The molecule has 1 amide bonds. The molecule has 4 N–H and O–H groups in total. The minimum absolute atomic E-state index is 0. The molecule has 0 spiro atoms. The van der Waals surface area contributed by atoms with Crippen molar-refractivity contribution in [1.29, 1.82) is 0 Å². The van der Waals surface area contributed by atoms with Crippen molar-refractivity contribution in [2.45, 2.75) is 44.6 Å². The fourth-order valence-electron chi connectivity index (χ4n) is 2.75. The fourth-order valence-corrected chi connectivity index (χ4v) is 4.24. The highest BCUT2D eigenvalue weighted by molar-refractivity contribution is 7.88. The van der Waals surface area contributed by atoms with Crippen LogP contribution in [0.25, 0.3) is 0 Å². The van der Waals surface area contributed by atoms with E-state index < -0.39 is 15.6 Å². The van der Waals surface area contributed by atoms with Gasteiger partial charge in [0.15, 0.2) is 0 Å². The molecule has 2 aromatic rings. The molecular formula is C20H28ClN3O3S. The Balaban J connectivity index is 0.00000392. The standard InChI is InChI=1S/C20H27N3O3S.ClH/c1-15(2)23-27(25,26)14-17-10-8-7-9-16(17)13-22-19(24)20(3,21)18-11-5-4-6-12-18;/h4-12,15,23H,13-14,21H2,1-3H3,(H,22,24);1H. The molecule has 28 heavy (non-hydrogen) atoms. The van der Waals surface area contributed by atoms with Crippen LogP contribution >= 0.6 is 12.4 Å². The summed E-state index contributed by atoms with van der Waals surface area (Å²) in [4.78, 5) is 12.6. The lowest BCUT2D eigenvalue weighted by Crippen LogP contribution is -2.48. The third kappa shape index (κ3) is 6.60. The minimum Gasteiger partial charge on any atom is -0.350 e. The third-order valence-electron chi connectivity index (χ3n) is 4.16. The Bertz CT molecular complexity index is 885. The van der Waals surface area contributed by atoms with Crippen molar-refractivity contribution in [2.75, 3.05) is 0 Å². The van der Waals surface area contributed by atoms with E-state index in [-0.39, 0.29) is 36.7 Å². The van der Waals surface area contributed by atoms with Gasteiger partial charge in [-0.1, -0.05) is 54.6 Å². The summed E-state index contributed by atoms with van der Waals surface area (Å²) in [5, 5.41) is 2.83. The number of rotatable bonds is 8. The average Bonchev–Trinajstić information content (AvgIpc) is 2.60. The molecule has 0 aliphatic heterocycles. The SMILES string of the molecule is CC(C)NS(=O)(=O)Cc1ccccc1CNC(=O)C(C)(N)c1ccccc1.Cl. The van der Waals surface area contributed by atoms with Gasteiger partial charge in [-0.2, -0.15) is 0 Å². The van der Waals surface area contributed by atoms with Crippen LogP contribution < -0.4 is 15.8 Å². The van der Waals surface area contributed by atoms with Crippen molar-refractivity contribution in [3.8, 4) is 0 Å². The molecule has 2 aromatic carbocycles. The lowest BCUT2D eigenvalue weighted by molar-refractivity contribution is -0.126. The van der Waals surface area contributed by atoms with E-state index >= 15 is 0 Å². The molecule has 0 bridgehead atoms. The van der Waals surface area contributed by atoms with Gasteiger partial charge in [-0.15, -0.1) is 12.4 Å². The van der Waals surface area contributed by atoms with Crippen LogP contribution in [-0.2, 0) is 32.7 Å². The maximum atomic E-state index is 12.6. The quantitative estimate of drug-likeness (QED) is 0.604. The molecule has 0 aliphatic carbocycles. The maximum absolute atomic E-state index is 12.6. The number of sulfonamides is 1. The highest BCUT2D eigenvalue weighted by Gasteiger charge is 2.30. The van der Waals surface area contributed by atoms with Gasteiger partial charge >= 0.3 is 0 Å². The lowest BCUT2D eigenvalue weighted by atomic mass is 9.92. The Morgan fingerprint density at radius 3 is 2.14 bits per heavy atom. The zero-order valence-electron chi connectivity index (χ0n) is 16.3. The molecule has 2 rings (SSSR count). The van der Waals surface area contributed by atoms with Gasteiger partial charge in [0.2, 0.25) is 15.9 Å². The van der Waals surface area contributed by atoms with Gasteiger partial charge in [-0.3, -0.25) is 4.79 Å². The van der Waals surface area contributed by atoms with Crippen LogP contribution in [0.4, 0.5) is 0 Å². The number of hydrogen-bond acceptors (Lipinski definition) is 4. The lowest BCUT2D eigenvalue weighted by Gasteiger charge is -2.24. The van der Waals surface area contributed by atoms with Crippen LogP contribution in [-0.4, -0.2) is 20.4 Å². The zero-order chi connectivity index (χ0) is 20.1. The number of benzene rings is 2. The van der Waals surface area contributed by atoms with E-state index in [9.17, 15) is 13.2 Å². The van der Waals surface area contributed by atoms with E-state index in [1.165, 1.54) is 0 Å². The van der Waals surface area contributed by atoms with E-state index in [0.717, 1.165) is 5.56 Å². The summed E-state index contributed by atoms with van der Waals surface area (Å²) in [7, 11) is -3.45. The van der Waals surface area contributed by atoms with Crippen LogP contribution in [0.15, 0.2) is 54.6 Å². The molecule has 0 saturated carbocycles. The topological polar surface area (TPSA) is 101 Å². The van der Waals surface area contributed by atoms with Crippen LogP contribution in [0.2, 0.25) is 0 Å². The van der Waals surface area contributed by atoms with E-state index in [1.807, 2.05) is 24.3 Å². The first-order valence-electron chi connectivity index (χ1n) is 8.81. The summed E-state index contributed by atoms with van der Waals surface area (Å²) in [6.45, 7) is 5.40. The van der Waals surface area contributed by atoms with Crippen LogP contribution in [0.3, 0.4) is 0 Å². The summed E-state index contributed by atoms with van der Waals surface area (Å²) >= 11 is 0. The Morgan fingerprint density at radius 1 is 1.04 bits per heavy atom. The first kappa shape index (κ1) is 24.1. The van der Waals surface area contributed by atoms with Gasteiger partial charge in [0, 0.05) is 12.6 Å². The van der Waals surface area contributed by atoms with Gasteiger partial charge in [0.1, 0.15) is 5.54 Å². The second-order valence-corrected chi connectivity index (χ2v) is 8.81. The monoisotopic (exact) mass is 425 g/mol. The molecule has 6 nitrogen and oxygen atoms in total. The molecule has 8 heteroatoms. The first-order valence-corrected chi connectivity index (χ1v) is 10.5. The highest BCUT2D eigenvalue weighted by Crippen LogP contribution is 2.18. The summed E-state index contributed by atoms with van der Waals surface area (Å²) in [6, 6.07) is 16.1. The predicted octanol–water partition coefficient (Wildman–Crippen LogP) is 2.43.